The van der Waals surface area contributed by atoms with E-state index in [0.717, 1.165) is 18.0 Å². The zero-order chi connectivity index (χ0) is 23.8. The van der Waals surface area contributed by atoms with Gasteiger partial charge in [-0.3, -0.25) is 10.3 Å². The molecular weight excluding hydrogens is 438 g/mol. The van der Waals surface area contributed by atoms with Crippen LogP contribution in [-0.2, 0) is 6.54 Å². The second-order valence-corrected chi connectivity index (χ2v) is 8.03. The van der Waals surface area contributed by atoms with Gasteiger partial charge in [-0.1, -0.05) is 19.3 Å². The van der Waals surface area contributed by atoms with E-state index in [0.29, 0.717) is 47.7 Å². The molecule has 1 fully saturated rings. The van der Waals surface area contributed by atoms with E-state index < -0.39 is 6.09 Å². The zero-order valence-electron chi connectivity index (χ0n) is 19.1. The fraction of sp³-hybridized carbons (Fsp3) is 0.417. The molecule has 0 bridgehead atoms. The fourth-order valence-corrected chi connectivity index (χ4v) is 3.96. The number of nitrogens with one attached hydrogen (secondary N) is 2. The molecule has 3 aromatic heterocycles. The number of amides is 1. The minimum Gasteiger partial charge on any atom is -0.484 e. The van der Waals surface area contributed by atoms with Crippen molar-refractivity contribution in [1.82, 2.24) is 20.3 Å². The van der Waals surface area contributed by atoms with E-state index in [9.17, 15) is 4.79 Å². The number of aromatic nitrogens is 3. The summed E-state index contributed by atoms with van der Waals surface area (Å²) in [7, 11) is 1.49. The van der Waals surface area contributed by atoms with Crippen LogP contribution in [0.15, 0.2) is 36.5 Å². The van der Waals surface area contributed by atoms with Crippen LogP contribution in [0.5, 0.6) is 17.5 Å². The Hall–Kier alpha value is -3.66. The first-order valence-electron chi connectivity index (χ1n) is 11.4. The Kier molecular flexibility index (Phi) is 7.92. The van der Waals surface area contributed by atoms with E-state index in [1.807, 2.05) is 12.1 Å². The predicted octanol–water partition coefficient (Wildman–Crippen LogP) is 4.00. The molecule has 1 aliphatic carbocycles. The van der Waals surface area contributed by atoms with Crippen molar-refractivity contribution in [2.75, 3.05) is 25.6 Å². The summed E-state index contributed by atoms with van der Waals surface area (Å²) < 4.78 is 15.9. The largest absolute Gasteiger partial charge is 0.484 e. The Labute approximate surface area is 197 Å². The van der Waals surface area contributed by atoms with Crippen molar-refractivity contribution >= 4 is 22.8 Å². The van der Waals surface area contributed by atoms with E-state index in [1.54, 1.807) is 18.2 Å². The number of nitrogens with zero attached hydrogens (tertiary/aromatic N) is 3. The van der Waals surface area contributed by atoms with Crippen LogP contribution in [0.2, 0.25) is 0 Å². The lowest BCUT2D eigenvalue weighted by atomic mass is 9.95. The molecule has 34 heavy (non-hydrogen) atoms. The number of carbonyl (C=O) groups is 1. The molecule has 180 valence electrons. The number of carboxylic acid groups (broad SMARTS) is 1. The normalized spacial score (nSPS) is 15.2. The quantitative estimate of drug-likeness (QED) is 0.510. The summed E-state index contributed by atoms with van der Waals surface area (Å²) in [5.41, 5.74) is 2.48. The summed E-state index contributed by atoms with van der Waals surface area (Å²) in [4.78, 5) is 23.3. The van der Waals surface area contributed by atoms with Gasteiger partial charge in [-0.2, -0.15) is 0 Å². The second-order valence-electron chi connectivity index (χ2n) is 8.03. The number of rotatable bonds is 5. The molecular formula is C24H29N5O5. The number of pyridine rings is 3. The van der Waals surface area contributed by atoms with E-state index in [4.69, 9.17) is 19.3 Å². The maximum Gasteiger partial charge on any atom is 0.409 e. The van der Waals surface area contributed by atoms with Crippen LogP contribution in [0, 0.1) is 0 Å². The number of fused-ring (bicyclic) bond motifs is 2. The van der Waals surface area contributed by atoms with Crippen molar-refractivity contribution in [1.29, 1.82) is 0 Å². The fourth-order valence-electron chi connectivity index (χ4n) is 3.96. The minimum absolute atomic E-state index is 0.386. The molecule has 0 unspecified atom stereocenters. The summed E-state index contributed by atoms with van der Waals surface area (Å²) in [5, 5.41) is 14.5. The molecule has 5 rings (SSSR count). The minimum atomic E-state index is -1.14. The Morgan fingerprint density at radius 3 is 2.71 bits per heavy atom. The molecule has 4 heterocycles. The molecule has 1 aliphatic heterocycles. The number of ether oxygens (including phenoxy) is 3. The topological polar surface area (TPSA) is 128 Å². The third-order valence-electron chi connectivity index (χ3n) is 5.65. The van der Waals surface area contributed by atoms with E-state index >= 15 is 0 Å². The molecule has 0 aromatic carbocycles. The third kappa shape index (κ3) is 6.22. The van der Waals surface area contributed by atoms with E-state index in [1.165, 1.54) is 45.4 Å². The van der Waals surface area contributed by atoms with Crippen molar-refractivity contribution in [3.8, 4) is 17.5 Å². The van der Waals surface area contributed by atoms with Gasteiger partial charge in [-0.05, 0) is 37.1 Å². The van der Waals surface area contributed by atoms with Crippen LogP contribution in [0.3, 0.4) is 0 Å². The van der Waals surface area contributed by atoms with Gasteiger partial charge in [-0.15, -0.1) is 0 Å². The molecule has 2 aliphatic rings. The zero-order valence-corrected chi connectivity index (χ0v) is 19.1. The molecule has 1 saturated carbocycles. The van der Waals surface area contributed by atoms with Gasteiger partial charge in [0.25, 0.3) is 5.88 Å². The van der Waals surface area contributed by atoms with Crippen LogP contribution < -0.4 is 24.8 Å². The number of hydrogen-bond acceptors (Lipinski definition) is 8. The van der Waals surface area contributed by atoms with Gasteiger partial charge in [0.2, 0.25) is 5.88 Å². The average Bonchev–Trinajstić information content (AvgIpc) is 2.88. The molecule has 0 saturated heterocycles. The number of hydrogen-bond donors (Lipinski definition) is 3. The van der Waals surface area contributed by atoms with Gasteiger partial charge in [0.1, 0.15) is 18.7 Å². The van der Waals surface area contributed by atoms with Crippen LogP contribution in [0.4, 0.5) is 10.5 Å². The van der Waals surface area contributed by atoms with Gasteiger partial charge < -0.3 is 24.6 Å². The van der Waals surface area contributed by atoms with Gasteiger partial charge in [-0.25, -0.2) is 14.8 Å². The Balaban J connectivity index is 0.000000162. The molecule has 3 aromatic rings. The van der Waals surface area contributed by atoms with Gasteiger partial charge in [0.05, 0.1) is 24.0 Å². The van der Waals surface area contributed by atoms with Gasteiger partial charge in [0.15, 0.2) is 5.75 Å². The van der Waals surface area contributed by atoms with Crippen LogP contribution in [-0.4, -0.2) is 52.5 Å². The van der Waals surface area contributed by atoms with Crippen LogP contribution in [0.1, 0.15) is 37.8 Å². The molecule has 0 spiro atoms. The third-order valence-corrected chi connectivity index (χ3v) is 5.65. The first-order valence-corrected chi connectivity index (χ1v) is 11.4. The van der Waals surface area contributed by atoms with Crippen molar-refractivity contribution in [2.45, 2.75) is 44.7 Å². The maximum atomic E-state index is 10.6. The number of methoxy groups -OCH3 is 1. The highest BCUT2D eigenvalue weighted by Crippen LogP contribution is 2.27. The smallest absolute Gasteiger partial charge is 0.409 e. The van der Waals surface area contributed by atoms with Crippen molar-refractivity contribution in [3.05, 3.63) is 42.2 Å². The van der Waals surface area contributed by atoms with Crippen molar-refractivity contribution in [3.63, 3.8) is 0 Å². The van der Waals surface area contributed by atoms with Gasteiger partial charge >= 0.3 is 6.09 Å². The summed E-state index contributed by atoms with van der Waals surface area (Å²) in [6, 6.07) is 9.56. The molecule has 10 nitrogen and oxygen atoms in total. The lowest BCUT2D eigenvalue weighted by Gasteiger charge is -2.23. The second kappa shape index (κ2) is 11.5. The highest BCUT2D eigenvalue weighted by Gasteiger charge is 2.15. The molecule has 1 amide bonds. The van der Waals surface area contributed by atoms with Crippen LogP contribution in [0.25, 0.3) is 11.0 Å². The van der Waals surface area contributed by atoms with Crippen molar-refractivity contribution in [2.24, 2.45) is 0 Å². The number of anilines is 1. The van der Waals surface area contributed by atoms with Gasteiger partial charge in [0, 0.05) is 24.8 Å². The summed E-state index contributed by atoms with van der Waals surface area (Å²) in [6.07, 6.45) is 7.06. The summed E-state index contributed by atoms with van der Waals surface area (Å²) in [5.74, 6) is 1.82. The molecule has 0 radical (unpaired) electrons. The molecule has 3 N–H and O–H groups in total. The van der Waals surface area contributed by atoms with Crippen molar-refractivity contribution < 1.29 is 24.1 Å². The Bertz CT molecular complexity index is 1120. The lowest BCUT2D eigenvalue weighted by Crippen LogP contribution is -2.30. The Morgan fingerprint density at radius 1 is 1.09 bits per heavy atom. The lowest BCUT2D eigenvalue weighted by molar-refractivity contribution is 0.164. The summed E-state index contributed by atoms with van der Waals surface area (Å²) in [6.45, 7) is 2.04. The predicted molar refractivity (Wildman–Crippen MR) is 127 cm³/mol. The molecule has 0 atom stereocenters. The van der Waals surface area contributed by atoms with E-state index in [-0.39, 0.29) is 0 Å². The highest BCUT2D eigenvalue weighted by atomic mass is 16.6. The maximum absolute atomic E-state index is 10.6. The average molecular weight is 468 g/mol. The van der Waals surface area contributed by atoms with Crippen LogP contribution >= 0.6 is 0 Å². The first kappa shape index (κ1) is 23.5. The highest BCUT2D eigenvalue weighted by molar-refractivity contribution is 5.95. The molecule has 10 heteroatoms. The standard InChI is InChI=1S/C14H20N2O2.C10H9N3O3/c1-2-4-11(5-3-1)15-10-12-6-7-13-14(16-12)18-9-8-17-13;1-16-8-3-2-6-9(13-8)7(4-5-11-6)12-10(14)15/h6-7,11,15H,1-5,8-10H2;2-5H,1H3,(H,11,12)(H,14,15). The van der Waals surface area contributed by atoms with E-state index in [2.05, 4.69) is 25.6 Å². The SMILES string of the molecule is COc1ccc2nccc(NC(=O)O)c2n1.c1cc2c(nc1CNC1CCCCC1)OCCO2. The first-order chi connectivity index (χ1) is 16.6. The summed E-state index contributed by atoms with van der Waals surface area (Å²) >= 11 is 0. The monoisotopic (exact) mass is 467 g/mol. The Morgan fingerprint density at radius 2 is 1.91 bits per heavy atom.